The molecule has 1 N–H and O–H groups in total. The zero-order valence-electron chi connectivity index (χ0n) is 13.0. The third-order valence-corrected chi connectivity index (χ3v) is 4.92. The molecule has 114 valence electrons. The van der Waals surface area contributed by atoms with Crippen LogP contribution in [0.15, 0.2) is 0 Å². The molecule has 5 heteroatoms. The van der Waals surface area contributed by atoms with Gasteiger partial charge in [-0.3, -0.25) is 4.68 Å². The largest absolute Gasteiger partial charge is 0.374 e. The predicted octanol–water partition coefficient (Wildman–Crippen LogP) is 2.73. The number of halogens is 1. The lowest BCUT2D eigenvalue weighted by Gasteiger charge is -2.40. The Morgan fingerprint density at radius 1 is 1.50 bits per heavy atom. The topological polar surface area (TPSA) is 39.1 Å². The SMILES string of the molecule is CCc1nn(C)c(CC(NC)C2(C)CCCCO2)c1Cl. The van der Waals surface area contributed by atoms with E-state index in [2.05, 4.69) is 24.3 Å². The minimum atomic E-state index is -0.118. The molecule has 0 saturated carbocycles. The lowest BCUT2D eigenvalue weighted by atomic mass is 9.85. The van der Waals surface area contributed by atoms with Crippen molar-refractivity contribution in [3.05, 3.63) is 16.4 Å². The number of hydrogen-bond acceptors (Lipinski definition) is 3. The minimum absolute atomic E-state index is 0.118. The van der Waals surface area contributed by atoms with E-state index in [0.717, 1.165) is 42.3 Å². The first kappa shape index (κ1) is 15.8. The van der Waals surface area contributed by atoms with Crippen molar-refractivity contribution < 1.29 is 4.74 Å². The number of hydrogen-bond donors (Lipinski definition) is 1. The summed E-state index contributed by atoms with van der Waals surface area (Å²) >= 11 is 6.46. The Bertz CT molecular complexity index is 452. The molecule has 0 amide bonds. The van der Waals surface area contributed by atoms with Crippen LogP contribution in [0.3, 0.4) is 0 Å². The van der Waals surface area contributed by atoms with Gasteiger partial charge in [0.15, 0.2) is 0 Å². The average molecular weight is 300 g/mol. The fourth-order valence-corrected chi connectivity index (χ4v) is 3.46. The highest BCUT2D eigenvalue weighted by atomic mass is 35.5. The molecule has 4 nitrogen and oxygen atoms in total. The Kier molecular flexibility index (Phi) is 5.10. The zero-order valence-corrected chi connectivity index (χ0v) is 13.8. The molecule has 1 saturated heterocycles. The summed E-state index contributed by atoms with van der Waals surface area (Å²) in [6, 6.07) is 0.250. The van der Waals surface area contributed by atoms with E-state index in [1.54, 1.807) is 0 Å². The maximum atomic E-state index is 6.46. The molecule has 2 atom stereocenters. The van der Waals surface area contributed by atoms with Crippen LogP contribution in [0.2, 0.25) is 5.02 Å². The highest BCUT2D eigenvalue weighted by Gasteiger charge is 2.37. The Balaban J connectivity index is 2.20. The van der Waals surface area contributed by atoms with Crippen molar-refractivity contribution in [2.45, 2.75) is 57.6 Å². The molecule has 1 fully saturated rings. The van der Waals surface area contributed by atoms with Crippen LogP contribution in [0, 0.1) is 0 Å². The molecule has 2 rings (SSSR count). The monoisotopic (exact) mass is 299 g/mol. The van der Waals surface area contributed by atoms with Crippen molar-refractivity contribution in [1.29, 1.82) is 0 Å². The van der Waals surface area contributed by atoms with Gasteiger partial charge in [-0.2, -0.15) is 5.10 Å². The third-order valence-electron chi connectivity index (χ3n) is 4.49. The number of ether oxygens (including phenoxy) is 1. The Morgan fingerprint density at radius 2 is 2.25 bits per heavy atom. The molecule has 2 unspecified atom stereocenters. The van der Waals surface area contributed by atoms with Crippen LogP contribution < -0.4 is 5.32 Å². The predicted molar refractivity (Wildman–Crippen MR) is 82.4 cm³/mol. The van der Waals surface area contributed by atoms with Gasteiger partial charge < -0.3 is 10.1 Å². The molecule has 20 heavy (non-hydrogen) atoms. The number of aryl methyl sites for hydroxylation is 2. The van der Waals surface area contributed by atoms with Crippen LogP contribution in [-0.4, -0.2) is 35.1 Å². The third kappa shape index (κ3) is 3.02. The minimum Gasteiger partial charge on any atom is -0.374 e. The smallest absolute Gasteiger partial charge is 0.0850 e. The molecule has 0 aliphatic carbocycles. The van der Waals surface area contributed by atoms with Gasteiger partial charge in [-0.05, 0) is 39.7 Å². The van der Waals surface area contributed by atoms with Gasteiger partial charge in [0.05, 0.1) is 22.0 Å². The van der Waals surface area contributed by atoms with Crippen molar-refractivity contribution in [2.75, 3.05) is 13.7 Å². The van der Waals surface area contributed by atoms with E-state index in [1.165, 1.54) is 12.8 Å². The second kappa shape index (κ2) is 6.46. The average Bonchev–Trinajstić information content (AvgIpc) is 2.71. The van der Waals surface area contributed by atoms with Gasteiger partial charge in [0.2, 0.25) is 0 Å². The summed E-state index contributed by atoms with van der Waals surface area (Å²) in [5.74, 6) is 0. The second-order valence-corrected chi connectivity index (χ2v) is 6.23. The maximum Gasteiger partial charge on any atom is 0.0850 e. The van der Waals surface area contributed by atoms with Gasteiger partial charge in [-0.1, -0.05) is 18.5 Å². The lowest BCUT2D eigenvalue weighted by Crippen LogP contribution is -2.52. The molecule has 0 radical (unpaired) electrons. The van der Waals surface area contributed by atoms with Gasteiger partial charge in [0.1, 0.15) is 0 Å². The molecule has 1 aromatic heterocycles. The van der Waals surface area contributed by atoms with Crippen molar-refractivity contribution in [3.8, 4) is 0 Å². The zero-order chi connectivity index (χ0) is 14.8. The molecule has 0 aromatic carbocycles. The van der Waals surface area contributed by atoms with E-state index >= 15 is 0 Å². The number of likely N-dealkylation sites (N-methyl/N-ethyl adjacent to an activating group) is 1. The van der Waals surface area contributed by atoms with Crippen LogP contribution in [0.25, 0.3) is 0 Å². The van der Waals surface area contributed by atoms with Crippen molar-refractivity contribution >= 4 is 11.6 Å². The van der Waals surface area contributed by atoms with Crippen LogP contribution in [0.1, 0.15) is 44.5 Å². The van der Waals surface area contributed by atoms with Crippen LogP contribution in [0.5, 0.6) is 0 Å². The summed E-state index contributed by atoms with van der Waals surface area (Å²) in [4.78, 5) is 0. The number of nitrogens with zero attached hydrogens (tertiary/aromatic N) is 2. The van der Waals surface area contributed by atoms with Gasteiger partial charge >= 0.3 is 0 Å². The standard InChI is InChI=1S/C15H26ClN3O/c1-5-11-14(16)12(19(4)18-11)10-13(17-3)15(2)8-6-7-9-20-15/h13,17H,5-10H2,1-4H3. The number of nitrogens with one attached hydrogen (secondary N) is 1. The quantitative estimate of drug-likeness (QED) is 0.908. The highest BCUT2D eigenvalue weighted by molar-refractivity contribution is 6.31. The Hall–Kier alpha value is -0.580. The summed E-state index contributed by atoms with van der Waals surface area (Å²) in [7, 11) is 3.97. The summed E-state index contributed by atoms with van der Waals surface area (Å²) in [6.45, 7) is 5.14. The van der Waals surface area contributed by atoms with E-state index in [-0.39, 0.29) is 11.6 Å². The van der Waals surface area contributed by atoms with Gasteiger partial charge in [-0.15, -0.1) is 0 Å². The molecular weight excluding hydrogens is 274 g/mol. The molecular formula is C15H26ClN3O. The van der Waals surface area contributed by atoms with Crippen LogP contribution >= 0.6 is 11.6 Å². The summed E-state index contributed by atoms with van der Waals surface area (Å²) < 4.78 is 7.98. The van der Waals surface area contributed by atoms with E-state index in [4.69, 9.17) is 16.3 Å². The number of rotatable bonds is 5. The van der Waals surface area contributed by atoms with Gasteiger partial charge in [0.25, 0.3) is 0 Å². The molecule has 1 aliphatic heterocycles. The normalized spacial score (nSPS) is 24.9. The summed E-state index contributed by atoms with van der Waals surface area (Å²) in [5, 5.41) is 8.73. The first-order valence-corrected chi connectivity index (χ1v) is 7.91. The molecule has 2 heterocycles. The van der Waals surface area contributed by atoms with E-state index < -0.39 is 0 Å². The first-order chi connectivity index (χ1) is 9.51. The van der Waals surface area contributed by atoms with E-state index in [0.29, 0.717) is 0 Å². The molecule has 0 bridgehead atoms. The van der Waals surface area contributed by atoms with Crippen LogP contribution in [0.4, 0.5) is 0 Å². The molecule has 0 spiro atoms. The maximum absolute atomic E-state index is 6.46. The van der Waals surface area contributed by atoms with Crippen molar-refractivity contribution in [3.63, 3.8) is 0 Å². The Morgan fingerprint density at radius 3 is 2.75 bits per heavy atom. The lowest BCUT2D eigenvalue weighted by molar-refractivity contribution is -0.0873. The summed E-state index contributed by atoms with van der Waals surface area (Å²) in [6.07, 6.45) is 5.20. The fraction of sp³-hybridized carbons (Fsp3) is 0.800. The van der Waals surface area contributed by atoms with Crippen molar-refractivity contribution in [1.82, 2.24) is 15.1 Å². The molecule has 1 aromatic rings. The first-order valence-electron chi connectivity index (χ1n) is 7.53. The van der Waals surface area contributed by atoms with E-state index in [1.807, 2.05) is 18.8 Å². The Labute approximate surface area is 126 Å². The van der Waals surface area contributed by atoms with Crippen LogP contribution in [-0.2, 0) is 24.6 Å². The van der Waals surface area contributed by atoms with E-state index in [9.17, 15) is 0 Å². The number of aromatic nitrogens is 2. The highest BCUT2D eigenvalue weighted by Crippen LogP contribution is 2.31. The fourth-order valence-electron chi connectivity index (χ4n) is 3.09. The summed E-state index contributed by atoms with van der Waals surface area (Å²) in [5.41, 5.74) is 1.96. The van der Waals surface area contributed by atoms with Gasteiger partial charge in [-0.25, -0.2) is 0 Å². The second-order valence-electron chi connectivity index (χ2n) is 5.85. The van der Waals surface area contributed by atoms with Gasteiger partial charge in [0, 0.05) is 26.1 Å². The van der Waals surface area contributed by atoms with Crippen molar-refractivity contribution in [2.24, 2.45) is 7.05 Å². The molecule has 1 aliphatic rings.